The van der Waals surface area contributed by atoms with E-state index < -0.39 is 24.7 Å². The summed E-state index contributed by atoms with van der Waals surface area (Å²) >= 11 is 0. The zero-order chi connectivity index (χ0) is 22.4. The van der Waals surface area contributed by atoms with Gasteiger partial charge in [0, 0.05) is 12.1 Å². The molecule has 162 valence electrons. The Labute approximate surface area is 175 Å². The molecule has 0 aliphatic heterocycles. The summed E-state index contributed by atoms with van der Waals surface area (Å²) in [5.74, 6) is -0.290. The monoisotopic (exact) mass is 436 g/mol. The van der Waals surface area contributed by atoms with E-state index in [1.165, 1.54) is 31.2 Å². The van der Waals surface area contributed by atoms with Gasteiger partial charge in [-0.05, 0) is 36.6 Å². The van der Waals surface area contributed by atoms with Crippen molar-refractivity contribution in [2.75, 3.05) is 6.61 Å². The van der Waals surface area contributed by atoms with Crippen LogP contribution in [0, 0.1) is 15.5 Å². The van der Waals surface area contributed by atoms with Crippen LogP contribution in [0.4, 0.5) is 5.69 Å². The maximum Gasteiger partial charge on any atom is 0.513 e. The molecule has 30 heavy (non-hydrogen) atoms. The van der Waals surface area contributed by atoms with Crippen LogP contribution in [0.25, 0.3) is 0 Å². The SMILES string of the molecule is C[C@H](N[P@@](=O)(Oc1ccccc1)Oc1ccc([N+](=O)[O-])cc1)C(=O)OCC(C)(C)C. The molecule has 0 spiro atoms. The number of nitrogens with one attached hydrogen (secondary N) is 1. The highest BCUT2D eigenvalue weighted by atomic mass is 31.2. The third-order valence-corrected chi connectivity index (χ3v) is 5.20. The van der Waals surface area contributed by atoms with Gasteiger partial charge < -0.3 is 13.8 Å². The molecule has 0 aliphatic carbocycles. The number of non-ortho nitro benzene ring substituents is 1. The Balaban J connectivity index is 2.19. The Morgan fingerprint density at radius 1 is 1.07 bits per heavy atom. The number of nitrogens with zero attached hydrogens (tertiary/aromatic N) is 1. The van der Waals surface area contributed by atoms with Gasteiger partial charge in [0.1, 0.15) is 17.5 Å². The second kappa shape index (κ2) is 9.73. The number of nitro benzene ring substituents is 1. The maximum atomic E-state index is 13.4. The van der Waals surface area contributed by atoms with Gasteiger partial charge in [0.2, 0.25) is 0 Å². The van der Waals surface area contributed by atoms with Crippen LogP contribution in [-0.2, 0) is 14.1 Å². The molecule has 1 N–H and O–H groups in total. The van der Waals surface area contributed by atoms with Crippen LogP contribution in [-0.4, -0.2) is 23.5 Å². The molecule has 10 heteroatoms. The first kappa shape index (κ1) is 23.4. The Morgan fingerprint density at radius 3 is 2.10 bits per heavy atom. The Kier molecular flexibility index (Phi) is 7.59. The normalized spacial score (nSPS) is 14.3. The molecule has 2 aromatic rings. The van der Waals surface area contributed by atoms with Crippen LogP contribution in [0.15, 0.2) is 54.6 Å². The first-order chi connectivity index (χ1) is 14.0. The van der Waals surface area contributed by atoms with Crippen LogP contribution in [0.3, 0.4) is 0 Å². The van der Waals surface area contributed by atoms with Crippen LogP contribution in [0.2, 0.25) is 0 Å². The smallest absolute Gasteiger partial charge is 0.464 e. The molecule has 0 saturated heterocycles. The molecule has 0 aliphatic rings. The number of nitro groups is 1. The van der Waals surface area contributed by atoms with Gasteiger partial charge in [0.05, 0.1) is 11.5 Å². The highest BCUT2D eigenvalue weighted by Crippen LogP contribution is 2.45. The van der Waals surface area contributed by atoms with E-state index in [4.69, 9.17) is 13.8 Å². The average Bonchev–Trinajstić information content (AvgIpc) is 2.66. The number of para-hydroxylation sites is 1. The van der Waals surface area contributed by atoms with Gasteiger partial charge in [0.25, 0.3) is 5.69 Å². The lowest BCUT2D eigenvalue weighted by Crippen LogP contribution is -2.37. The lowest BCUT2D eigenvalue weighted by atomic mass is 9.99. The second-order valence-electron chi connectivity index (χ2n) is 7.76. The van der Waals surface area contributed by atoms with Gasteiger partial charge in [-0.3, -0.25) is 14.9 Å². The number of rotatable bonds is 9. The van der Waals surface area contributed by atoms with Gasteiger partial charge >= 0.3 is 13.7 Å². The molecule has 0 fully saturated rings. The first-order valence-corrected chi connectivity index (χ1v) is 10.7. The van der Waals surface area contributed by atoms with E-state index >= 15 is 0 Å². The number of hydrogen-bond acceptors (Lipinski definition) is 7. The van der Waals surface area contributed by atoms with Crippen molar-refractivity contribution in [2.45, 2.75) is 33.7 Å². The fourth-order valence-corrected chi connectivity index (χ4v) is 3.68. The minimum atomic E-state index is -4.10. The minimum Gasteiger partial charge on any atom is -0.464 e. The van der Waals surface area contributed by atoms with E-state index in [1.807, 2.05) is 20.8 Å². The van der Waals surface area contributed by atoms with Gasteiger partial charge in [-0.1, -0.05) is 39.0 Å². The summed E-state index contributed by atoms with van der Waals surface area (Å²) < 4.78 is 29.7. The summed E-state index contributed by atoms with van der Waals surface area (Å²) in [5, 5.41) is 13.4. The van der Waals surface area contributed by atoms with Crippen molar-refractivity contribution in [1.82, 2.24) is 5.09 Å². The third-order valence-electron chi connectivity index (χ3n) is 3.59. The Hall–Kier alpha value is -2.90. The lowest BCUT2D eigenvalue weighted by molar-refractivity contribution is -0.384. The van der Waals surface area contributed by atoms with Crippen LogP contribution >= 0.6 is 7.75 Å². The van der Waals surface area contributed by atoms with Crippen molar-refractivity contribution < 1.29 is 28.1 Å². The van der Waals surface area contributed by atoms with Gasteiger partial charge in [-0.15, -0.1) is 0 Å². The van der Waals surface area contributed by atoms with Gasteiger partial charge in [-0.2, -0.15) is 5.09 Å². The van der Waals surface area contributed by atoms with Crippen LogP contribution in [0.1, 0.15) is 27.7 Å². The van der Waals surface area contributed by atoms with E-state index in [-0.39, 0.29) is 29.2 Å². The predicted octanol–water partition coefficient (Wildman–Crippen LogP) is 4.73. The highest BCUT2D eigenvalue weighted by Gasteiger charge is 2.34. The summed E-state index contributed by atoms with van der Waals surface area (Å²) in [6, 6.07) is 12.3. The van der Waals surface area contributed by atoms with Crippen LogP contribution in [0.5, 0.6) is 11.5 Å². The van der Waals surface area contributed by atoms with E-state index in [0.717, 1.165) is 0 Å². The zero-order valence-corrected chi connectivity index (χ0v) is 18.1. The molecule has 0 aromatic heterocycles. The molecule has 2 atom stereocenters. The number of ether oxygens (including phenoxy) is 1. The fourth-order valence-electron chi connectivity index (χ4n) is 2.16. The molecular weight excluding hydrogens is 411 g/mol. The maximum absolute atomic E-state index is 13.4. The van der Waals surface area contributed by atoms with Crippen molar-refractivity contribution in [3.05, 3.63) is 64.7 Å². The molecule has 0 heterocycles. The van der Waals surface area contributed by atoms with Gasteiger partial charge in [0.15, 0.2) is 0 Å². The molecule has 0 unspecified atom stereocenters. The first-order valence-electron chi connectivity index (χ1n) is 9.21. The quantitative estimate of drug-likeness (QED) is 0.260. The molecule has 2 rings (SSSR count). The van der Waals surface area contributed by atoms with Crippen molar-refractivity contribution in [3.8, 4) is 11.5 Å². The molecule has 0 amide bonds. The highest BCUT2D eigenvalue weighted by molar-refractivity contribution is 7.52. The van der Waals surface area contributed by atoms with Crippen molar-refractivity contribution in [3.63, 3.8) is 0 Å². The lowest BCUT2D eigenvalue weighted by Gasteiger charge is -2.24. The summed E-state index contributed by atoms with van der Waals surface area (Å²) in [6.07, 6.45) is 0. The second-order valence-corrected chi connectivity index (χ2v) is 9.38. The number of carbonyl (C=O) groups excluding carboxylic acids is 1. The topological polar surface area (TPSA) is 117 Å². The molecular formula is C20H25N2O7P. The van der Waals surface area contributed by atoms with Crippen molar-refractivity contribution in [2.24, 2.45) is 5.41 Å². The van der Waals surface area contributed by atoms with Gasteiger partial charge in [-0.25, -0.2) is 4.57 Å². The summed E-state index contributed by atoms with van der Waals surface area (Å²) in [4.78, 5) is 22.6. The molecule has 2 aromatic carbocycles. The number of benzene rings is 2. The molecule has 0 radical (unpaired) electrons. The Morgan fingerprint density at radius 2 is 1.60 bits per heavy atom. The summed E-state index contributed by atoms with van der Waals surface area (Å²) in [7, 11) is -4.10. The van der Waals surface area contributed by atoms with E-state index in [9.17, 15) is 19.5 Å². The average molecular weight is 436 g/mol. The number of carbonyl (C=O) groups is 1. The number of hydrogen-bond donors (Lipinski definition) is 1. The third kappa shape index (κ3) is 7.50. The minimum absolute atomic E-state index is 0.0719. The predicted molar refractivity (Wildman–Crippen MR) is 111 cm³/mol. The summed E-state index contributed by atoms with van der Waals surface area (Å²) in [5.41, 5.74) is -0.372. The van der Waals surface area contributed by atoms with Crippen LogP contribution < -0.4 is 14.1 Å². The fraction of sp³-hybridized carbons (Fsp3) is 0.350. The zero-order valence-electron chi connectivity index (χ0n) is 17.2. The standard InChI is InChI=1S/C20H25N2O7P/c1-15(19(23)27-14-20(2,3)4)21-30(26,28-17-8-6-5-7-9-17)29-18-12-10-16(11-13-18)22(24)25/h5-13,15H,14H2,1-4H3,(H,21,26)/t15-,30+/m0/s1. The largest absolute Gasteiger partial charge is 0.513 e. The van der Waals surface area contributed by atoms with E-state index in [2.05, 4.69) is 5.09 Å². The Bertz CT molecular complexity index is 911. The van der Waals surface area contributed by atoms with E-state index in [0.29, 0.717) is 0 Å². The summed E-state index contributed by atoms with van der Waals surface area (Å²) in [6.45, 7) is 7.41. The van der Waals surface area contributed by atoms with Crippen molar-refractivity contribution >= 4 is 19.4 Å². The number of esters is 1. The molecule has 0 bridgehead atoms. The molecule has 0 saturated carbocycles. The van der Waals surface area contributed by atoms with Crippen molar-refractivity contribution in [1.29, 1.82) is 0 Å². The molecule has 9 nitrogen and oxygen atoms in total. The van der Waals surface area contributed by atoms with E-state index in [1.54, 1.807) is 30.3 Å².